The summed E-state index contributed by atoms with van der Waals surface area (Å²) in [6.07, 6.45) is -0.843. The highest BCUT2D eigenvalue weighted by molar-refractivity contribution is 7.10. The molecule has 2 rings (SSSR count). The summed E-state index contributed by atoms with van der Waals surface area (Å²) in [5.74, 6) is -0.981. The first-order chi connectivity index (χ1) is 8.65. The van der Waals surface area contributed by atoms with E-state index in [1.54, 1.807) is 12.1 Å². The number of nitrogens with two attached hydrogens (primary N) is 1. The number of halogens is 2. The first-order valence-electron chi connectivity index (χ1n) is 5.50. The summed E-state index contributed by atoms with van der Waals surface area (Å²) in [4.78, 5) is 0.754. The summed E-state index contributed by atoms with van der Waals surface area (Å²) in [5.41, 5.74) is 5.95. The highest BCUT2D eigenvalue weighted by atomic mass is 35.5. The number of benzene rings is 1. The van der Waals surface area contributed by atoms with Crippen LogP contribution in [0.2, 0.25) is 5.02 Å². The minimum atomic E-state index is -0.843. The van der Waals surface area contributed by atoms with Crippen molar-refractivity contribution in [2.45, 2.75) is 12.0 Å². The third-order valence-electron chi connectivity index (χ3n) is 2.84. The van der Waals surface area contributed by atoms with Crippen molar-refractivity contribution in [1.29, 1.82) is 0 Å². The van der Waals surface area contributed by atoms with Gasteiger partial charge in [0.25, 0.3) is 0 Å². The third kappa shape index (κ3) is 2.57. The van der Waals surface area contributed by atoms with Gasteiger partial charge in [-0.25, -0.2) is 4.39 Å². The summed E-state index contributed by atoms with van der Waals surface area (Å²) in [5, 5.41) is 12.4. The monoisotopic (exact) mass is 285 g/mol. The van der Waals surface area contributed by atoms with Gasteiger partial charge in [0, 0.05) is 27.9 Å². The van der Waals surface area contributed by atoms with E-state index in [-0.39, 0.29) is 12.1 Å². The Bertz CT molecular complexity index is 497. The SMILES string of the molecule is NCC(c1c(F)cccc1Cl)C(O)c1cccs1. The molecule has 5 heteroatoms. The zero-order valence-electron chi connectivity index (χ0n) is 9.51. The standard InChI is InChI=1S/C13H13ClFNOS/c14-9-3-1-4-10(15)12(9)8(7-16)13(17)11-5-2-6-18-11/h1-6,8,13,17H,7,16H2. The minimum Gasteiger partial charge on any atom is -0.387 e. The highest BCUT2D eigenvalue weighted by Crippen LogP contribution is 2.37. The molecule has 0 saturated heterocycles. The topological polar surface area (TPSA) is 46.2 Å². The van der Waals surface area contributed by atoms with Crippen LogP contribution < -0.4 is 5.73 Å². The maximum absolute atomic E-state index is 13.8. The largest absolute Gasteiger partial charge is 0.387 e. The predicted molar refractivity (Wildman–Crippen MR) is 72.5 cm³/mol. The maximum Gasteiger partial charge on any atom is 0.128 e. The van der Waals surface area contributed by atoms with Crippen molar-refractivity contribution in [2.24, 2.45) is 5.73 Å². The van der Waals surface area contributed by atoms with E-state index in [1.165, 1.54) is 23.5 Å². The second-order valence-electron chi connectivity index (χ2n) is 3.94. The Morgan fingerprint density at radius 2 is 2.11 bits per heavy atom. The van der Waals surface area contributed by atoms with Crippen molar-refractivity contribution in [2.75, 3.05) is 6.54 Å². The van der Waals surface area contributed by atoms with E-state index in [1.807, 2.05) is 11.4 Å². The van der Waals surface area contributed by atoms with Crippen LogP contribution in [0.3, 0.4) is 0 Å². The van der Waals surface area contributed by atoms with Crippen LogP contribution in [-0.4, -0.2) is 11.7 Å². The Hall–Kier alpha value is -0.940. The van der Waals surface area contributed by atoms with Crippen LogP contribution in [0.5, 0.6) is 0 Å². The Labute approximate surface area is 114 Å². The van der Waals surface area contributed by atoms with E-state index < -0.39 is 17.8 Å². The molecule has 96 valence electrons. The molecule has 0 aliphatic heterocycles. The molecule has 0 fully saturated rings. The van der Waals surface area contributed by atoms with Gasteiger partial charge in [-0.1, -0.05) is 23.7 Å². The molecule has 0 aliphatic carbocycles. The molecule has 2 aromatic rings. The van der Waals surface area contributed by atoms with E-state index in [0.717, 1.165) is 4.88 Å². The molecule has 0 aliphatic rings. The zero-order chi connectivity index (χ0) is 13.1. The molecule has 0 amide bonds. The third-order valence-corrected chi connectivity index (χ3v) is 4.11. The molecule has 3 N–H and O–H groups in total. The Morgan fingerprint density at radius 3 is 2.67 bits per heavy atom. The lowest BCUT2D eigenvalue weighted by Crippen LogP contribution is -2.21. The lowest BCUT2D eigenvalue weighted by molar-refractivity contribution is 0.149. The molecule has 0 bridgehead atoms. The van der Waals surface area contributed by atoms with Crippen LogP contribution in [0.25, 0.3) is 0 Å². The fraction of sp³-hybridized carbons (Fsp3) is 0.231. The molecule has 1 aromatic heterocycles. The zero-order valence-corrected chi connectivity index (χ0v) is 11.1. The van der Waals surface area contributed by atoms with Gasteiger partial charge in [-0.15, -0.1) is 11.3 Å². The second kappa shape index (κ2) is 5.80. The first-order valence-corrected chi connectivity index (χ1v) is 6.76. The minimum absolute atomic E-state index is 0.125. The molecule has 0 radical (unpaired) electrons. The summed E-state index contributed by atoms with van der Waals surface area (Å²) in [6, 6.07) is 8.09. The van der Waals surface area contributed by atoms with Gasteiger partial charge in [0.2, 0.25) is 0 Å². The van der Waals surface area contributed by atoms with Crippen molar-refractivity contribution >= 4 is 22.9 Å². The normalized spacial score (nSPS) is 14.4. The number of rotatable bonds is 4. The Morgan fingerprint density at radius 1 is 1.33 bits per heavy atom. The summed E-state index contributed by atoms with van der Waals surface area (Å²) in [6.45, 7) is 0.125. The predicted octanol–water partition coefficient (Wildman–Crippen LogP) is 3.32. The molecule has 1 aromatic carbocycles. The van der Waals surface area contributed by atoms with Gasteiger partial charge in [0.15, 0.2) is 0 Å². The molecule has 2 nitrogen and oxygen atoms in total. The smallest absolute Gasteiger partial charge is 0.128 e. The quantitative estimate of drug-likeness (QED) is 0.905. The Balaban J connectivity index is 2.40. The molecule has 18 heavy (non-hydrogen) atoms. The molecule has 0 spiro atoms. The molecule has 0 saturated carbocycles. The van der Waals surface area contributed by atoms with Crippen molar-refractivity contribution in [1.82, 2.24) is 0 Å². The van der Waals surface area contributed by atoms with Crippen molar-refractivity contribution in [3.63, 3.8) is 0 Å². The van der Waals surface area contributed by atoms with Crippen LogP contribution in [0, 0.1) is 5.82 Å². The van der Waals surface area contributed by atoms with Gasteiger partial charge in [-0.2, -0.15) is 0 Å². The second-order valence-corrected chi connectivity index (χ2v) is 5.32. The average molecular weight is 286 g/mol. The van der Waals surface area contributed by atoms with Gasteiger partial charge in [0.05, 0.1) is 6.10 Å². The molecular formula is C13H13ClFNOS. The number of hydrogen-bond acceptors (Lipinski definition) is 3. The van der Waals surface area contributed by atoms with Crippen LogP contribution in [0.1, 0.15) is 22.5 Å². The lowest BCUT2D eigenvalue weighted by Gasteiger charge is -2.22. The van der Waals surface area contributed by atoms with E-state index in [4.69, 9.17) is 17.3 Å². The first kappa shape index (κ1) is 13.5. The van der Waals surface area contributed by atoms with Gasteiger partial charge in [-0.05, 0) is 23.6 Å². The van der Waals surface area contributed by atoms with Crippen LogP contribution in [0.4, 0.5) is 4.39 Å². The maximum atomic E-state index is 13.8. The van der Waals surface area contributed by atoms with E-state index >= 15 is 0 Å². The van der Waals surface area contributed by atoms with Gasteiger partial charge in [0.1, 0.15) is 5.82 Å². The van der Waals surface area contributed by atoms with E-state index in [9.17, 15) is 9.50 Å². The van der Waals surface area contributed by atoms with Gasteiger partial charge >= 0.3 is 0 Å². The highest BCUT2D eigenvalue weighted by Gasteiger charge is 2.26. The number of hydrogen-bond donors (Lipinski definition) is 2. The number of thiophene rings is 1. The van der Waals surface area contributed by atoms with Crippen LogP contribution in [-0.2, 0) is 0 Å². The van der Waals surface area contributed by atoms with Crippen molar-refractivity contribution < 1.29 is 9.50 Å². The summed E-state index contributed by atoms with van der Waals surface area (Å²) >= 11 is 7.42. The summed E-state index contributed by atoms with van der Waals surface area (Å²) in [7, 11) is 0. The Kier molecular flexibility index (Phi) is 4.35. The molecular weight excluding hydrogens is 273 g/mol. The van der Waals surface area contributed by atoms with E-state index in [0.29, 0.717) is 5.02 Å². The van der Waals surface area contributed by atoms with Crippen LogP contribution >= 0.6 is 22.9 Å². The average Bonchev–Trinajstić information content (AvgIpc) is 2.87. The number of aliphatic hydroxyl groups is 1. The van der Waals surface area contributed by atoms with Crippen LogP contribution in [0.15, 0.2) is 35.7 Å². The van der Waals surface area contributed by atoms with Gasteiger partial charge < -0.3 is 10.8 Å². The fourth-order valence-corrected chi connectivity index (χ4v) is 3.01. The molecule has 2 unspecified atom stereocenters. The molecule has 1 heterocycles. The van der Waals surface area contributed by atoms with Crippen molar-refractivity contribution in [3.8, 4) is 0 Å². The molecule has 2 atom stereocenters. The fourth-order valence-electron chi connectivity index (χ4n) is 1.93. The lowest BCUT2D eigenvalue weighted by atomic mass is 9.92. The summed E-state index contributed by atoms with van der Waals surface area (Å²) < 4.78 is 13.8. The van der Waals surface area contributed by atoms with Gasteiger partial charge in [-0.3, -0.25) is 0 Å². The van der Waals surface area contributed by atoms with Crippen molar-refractivity contribution in [3.05, 3.63) is 57.0 Å². The number of aliphatic hydroxyl groups excluding tert-OH is 1. The van der Waals surface area contributed by atoms with E-state index in [2.05, 4.69) is 0 Å².